The normalized spacial score (nSPS) is 14.9. The molecular weight excluding hydrogens is 412 g/mol. The Balaban J connectivity index is 1.85. The van der Waals surface area contributed by atoms with Crippen LogP contribution in [0.2, 0.25) is 0 Å². The molecule has 7 nitrogen and oxygen atoms in total. The lowest BCUT2D eigenvalue weighted by Crippen LogP contribution is -2.44. The summed E-state index contributed by atoms with van der Waals surface area (Å²) in [4.78, 5) is 25.8. The van der Waals surface area contributed by atoms with Crippen LogP contribution in [0.1, 0.15) is 15.9 Å². The van der Waals surface area contributed by atoms with Gasteiger partial charge in [0.05, 0.1) is 31.8 Å². The number of hydrogen-bond donors (Lipinski definition) is 1. The second-order valence-corrected chi connectivity index (χ2v) is 7.44. The van der Waals surface area contributed by atoms with Crippen LogP contribution in [0.25, 0.3) is 6.08 Å². The molecule has 150 valence electrons. The minimum absolute atomic E-state index is 0.214. The number of para-hydroxylation sites is 1. The van der Waals surface area contributed by atoms with Gasteiger partial charge in [0.2, 0.25) is 0 Å². The molecule has 2 aromatic carbocycles. The Kier molecular flexibility index (Phi) is 6.40. The monoisotopic (exact) mass is 430 g/mol. The molecule has 2 aromatic rings. The van der Waals surface area contributed by atoms with E-state index in [1.807, 2.05) is 0 Å². The van der Waals surface area contributed by atoms with Crippen molar-refractivity contribution < 1.29 is 23.8 Å². The van der Waals surface area contributed by atoms with E-state index in [1.165, 1.54) is 14.2 Å². The van der Waals surface area contributed by atoms with E-state index < -0.39 is 11.8 Å². The molecule has 0 saturated carbocycles. The Morgan fingerprint density at radius 3 is 2.48 bits per heavy atom. The molecule has 0 aliphatic carbocycles. The third kappa shape index (κ3) is 4.36. The smallest absolute Gasteiger partial charge is 0.285 e. The van der Waals surface area contributed by atoms with Gasteiger partial charge in [-0.1, -0.05) is 23.9 Å². The van der Waals surface area contributed by atoms with E-state index in [9.17, 15) is 9.59 Å². The Labute approximate surface area is 177 Å². The molecule has 1 saturated heterocycles. The van der Waals surface area contributed by atoms with Gasteiger partial charge in [0.15, 0.2) is 4.32 Å². The van der Waals surface area contributed by atoms with Crippen molar-refractivity contribution in [2.75, 3.05) is 21.3 Å². The van der Waals surface area contributed by atoms with E-state index in [4.69, 9.17) is 26.4 Å². The van der Waals surface area contributed by atoms with Crippen molar-refractivity contribution in [2.24, 2.45) is 0 Å². The summed E-state index contributed by atoms with van der Waals surface area (Å²) >= 11 is 6.36. The molecule has 0 unspecified atom stereocenters. The van der Waals surface area contributed by atoms with Crippen molar-refractivity contribution in [1.82, 2.24) is 10.4 Å². The zero-order valence-corrected chi connectivity index (χ0v) is 17.6. The van der Waals surface area contributed by atoms with Gasteiger partial charge in [0, 0.05) is 5.56 Å². The molecule has 1 fully saturated rings. The number of thioether (sulfide) groups is 1. The summed E-state index contributed by atoms with van der Waals surface area (Å²) in [5, 5.41) is 1.05. The summed E-state index contributed by atoms with van der Waals surface area (Å²) in [6.45, 7) is 0. The molecule has 2 amide bonds. The van der Waals surface area contributed by atoms with Crippen molar-refractivity contribution in [1.29, 1.82) is 0 Å². The number of nitrogens with one attached hydrogen (secondary N) is 1. The summed E-state index contributed by atoms with van der Waals surface area (Å²) in [7, 11) is 4.56. The second kappa shape index (κ2) is 8.97. The molecule has 0 aromatic heterocycles. The molecule has 1 aliphatic heterocycles. The number of methoxy groups -OCH3 is 3. The minimum Gasteiger partial charge on any atom is -0.497 e. The molecule has 1 N–H and O–H groups in total. The van der Waals surface area contributed by atoms with Crippen molar-refractivity contribution in [3.05, 3.63) is 58.5 Å². The first kappa shape index (κ1) is 20.7. The van der Waals surface area contributed by atoms with Crippen LogP contribution in [-0.2, 0) is 4.79 Å². The summed E-state index contributed by atoms with van der Waals surface area (Å²) in [6, 6.07) is 12.0. The molecule has 9 heteroatoms. The number of rotatable bonds is 6. The zero-order valence-electron chi connectivity index (χ0n) is 15.9. The number of amides is 2. The molecule has 0 radical (unpaired) electrons. The maximum Gasteiger partial charge on any atom is 0.285 e. The largest absolute Gasteiger partial charge is 0.497 e. The molecule has 29 heavy (non-hydrogen) atoms. The van der Waals surface area contributed by atoms with E-state index in [0.29, 0.717) is 33.3 Å². The van der Waals surface area contributed by atoms with Gasteiger partial charge >= 0.3 is 0 Å². The highest BCUT2D eigenvalue weighted by Crippen LogP contribution is 2.34. The fraction of sp³-hybridized carbons (Fsp3) is 0.150. The lowest BCUT2D eigenvalue weighted by atomic mass is 10.1. The fourth-order valence-corrected chi connectivity index (χ4v) is 3.82. The lowest BCUT2D eigenvalue weighted by molar-refractivity contribution is -0.123. The lowest BCUT2D eigenvalue weighted by Gasteiger charge is -2.16. The number of thiocarbonyl (C=S) groups is 1. The standard InChI is InChI=1S/C20H18N2O5S2/c1-25-13-8-9-15(26-2)12(10-13)11-17-19(24)22(20(28)29-17)21-18(23)14-6-4-5-7-16(14)27-3/h4-11H,1-3H3,(H,21,23)/b17-11-. The first-order chi connectivity index (χ1) is 14.0. The van der Waals surface area contributed by atoms with Crippen LogP contribution < -0.4 is 19.6 Å². The van der Waals surface area contributed by atoms with Gasteiger partial charge in [-0.05, 0) is 48.6 Å². The number of hydrogen-bond acceptors (Lipinski definition) is 7. The van der Waals surface area contributed by atoms with Crippen molar-refractivity contribution in [3.63, 3.8) is 0 Å². The molecule has 1 heterocycles. The van der Waals surface area contributed by atoms with E-state index in [1.54, 1.807) is 55.7 Å². The quantitative estimate of drug-likeness (QED) is 0.557. The van der Waals surface area contributed by atoms with Gasteiger partial charge < -0.3 is 14.2 Å². The highest BCUT2D eigenvalue weighted by Gasteiger charge is 2.34. The molecule has 0 bridgehead atoms. The van der Waals surface area contributed by atoms with Crippen LogP contribution in [0.3, 0.4) is 0 Å². The van der Waals surface area contributed by atoms with Gasteiger partial charge in [0.25, 0.3) is 11.8 Å². The van der Waals surface area contributed by atoms with Crippen molar-refractivity contribution in [2.45, 2.75) is 0 Å². The van der Waals surface area contributed by atoms with Crippen molar-refractivity contribution in [3.8, 4) is 17.2 Å². The number of carbonyl (C=O) groups is 2. The Morgan fingerprint density at radius 1 is 1.07 bits per heavy atom. The Hall–Kier alpha value is -3.04. The van der Waals surface area contributed by atoms with E-state index in [2.05, 4.69) is 5.43 Å². The third-order valence-corrected chi connectivity index (χ3v) is 5.38. The van der Waals surface area contributed by atoms with Gasteiger partial charge in [0.1, 0.15) is 17.2 Å². The Bertz CT molecular complexity index is 1010. The Morgan fingerprint density at radius 2 is 1.79 bits per heavy atom. The van der Waals surface area contributed by atoms with Crippen LogP contribution in [0.4, 0.5) is 0 Å². The number of nitrogens with zero attached hydrogens (tertiary/aromatic N) is 1. The third-order valence-electron chi connectivity index (χ3n) is 4.08. The van der Waals surface area contributed by atoms with Gasteiger partial charge in [-0.2, -0.15) is 5.01 Å². The maximum absolute atomic E-state index is 12.8. The summed E-state index contributed by atoms with van der Waals surface area (Å²) in [5.41, 5.74) is 3.49. The van der Waals surface area contributed by atoms with Gasteiger partial charge in [-0.25, -0.2) is 0 Å². The van der Waals surface area contributed by atoms with Crippen LogP contribution in [0.5, 0.6) is 17.2 Å². The van der Waals surface area contributed by atoms with Crippen molar-refractivity contribution >= 4 is 46.2 Å². The number of carbonyl (C=O) groups excluding carboxylic acids is 2. The topological polar surface area (TPSA) is 77.1 Å². The summed E-state index contributed by atoms with van der Waals surface area (Å²) in [5.74, 6) is 0.658. The van der Waals surface area contributed by atoms with Crippen LogP contribution >= 0.6 is 24.0 Å². The molecule has 0 atom stereocenters. The van der Waals surface area contributed by atoms with E-state index in [-0.39, 0.29) is 4.32 Å². The SMILES string of the molecule is COc1ccc(OC)c(/C=C2\SC(=S)N(NC(=O)c3ccccc3OC)C2=O)c1. The number of hydrazine groups is 1. The summed E-state index contributed by atoms with van der Waals surface area (Å²) in [6.07, 6.45) is 1.65. The van der Waals surface area contributed by atoms with Gasteiger partial charge in [-0.15, -0.1) is 0 Å². The minimum atomic E-state index is -0.501. The predicted molar refractivity (Wildman–Crippen MR) is 115 cm³/mol. The molecule has 0 spiro atoms. The highest BCUT2D eigenvalue weighted by molar-refractivity contribution is 8.26. The first-order valence-electron chi connectivity index (χ1n) is 8.42. The van der Waals surface area contributed by atoms with E-state index in [0.717, 1.165) is 16.8 Å². The maximum atomic E-state index is 12.8. The number of benzene rings is 2. The predicted octanol–water partition coefficient (Wildman–Crippen LogP) is 3.26. The van der Waals surface area contributed by atoms with Gasteiger partial charge in [-0.3, -0.25) is 15.0 Å². The number of ether oxygens (including phenoxy) is 3. The first-order valence-corrected chi connectivity index (χ1v) is 9.65. The summed E-state index contributed by atoms with van der Waals surface area (Å²) < 4.78 is 16.0. The van der Waals surface area contributed by atoms with Crippen LogP contribution in [0.15, 0.2) is 47.4 Å². The van der Waals surface area contributed by atoms with Crippen LogP contribution in [-0.4, -0.2) is 42.5 Å². The highest BCUT2D eigenvalue weighted by atomic mass is 32.2. The second-order valence-electron chi connectivity index (χ2n) is 5.77. The van der Waals surface area contributed by atoms with E-state index >= 15 is 0 Å². The van der Waals surface area contributed by atoms with Crippen LogP contribution in [0, 0.1) is 0 Å². The zero-order chi connectivity index (χ0) is 21.0. The molecular formula is C20H18N2O5S2. The average Bonchev–Trinajstić information content (AvgIpc) is 3.00. The average molecular weight is 431 g/mol. The fourth-order valence-electron chi connectivity index (χ4n) is 2.65. The molecule has 3 rings (SSSR count). The molecule has 1 aliphatic rings.